The van der Waals surface area contributed by atoms with Crippen LogP contribution in [0.1, 0.15) is 0 Å². The Morgan fingerprint density at radius 2 is 1.94 bits per heavy atom. The molecule has 1 aromatic heterocycles. The molecular formula is C10H13N5O2S. The third-order valence-electron chi connectivity index (χ3n) is 2.30. The van der Waals surface area contributed by atoms with Crippen LogP contribution in [0.2, 0.25) is 0 Å². The van der Waals surface area contributed by atoms with E-state index >= 15 is 0 Å². The molecule has 96 valence electrons. The van der Waals surface area contributed by atoms with Crippen LogP contribution in [0, 0.1) is 0 Å². The highest BCUT2D eigenvalue weighted by molar-refractivity contribution is 7.89. The first-order valence-corrected chi connectivity index (χ1v) is 6.94. The molecule has 0 fully saturated rings. The lowest BCUT2D eigenvalue weighted by Crippen LogP contribution is -2.22. The second-order valence-electron chi connectivity index (χ2n) is 3.74. The monoisotopic (exact) mass is 267 g/mol. The molecule has 0 atom stereocenters. The third kappa shape index (κ3) is 3.05. The lowest BCUT2D eigenvalue weighted by atomic mass is 10.2. The first-order chi connectivity index (χ1) is 8.46. The standard InChI is InChI=1S/C10H13N5O2S/c11-10-14-8-4-2-1-3-7(8)9(15-10)13-5-6-18(12,16)17/h1-4H,5-6H2,(H2,12,16,17)(H3,11,13,14,15). The van der Waals surface area contributed by atoms with Crippen LogP contribution >= 0.6 is 0 Å². The molecule has 0 amide bonds. The van der Waals surface area contributed by atoms with Crippen molar-refractivity contribution in [3.8, 4) is 0 Å². The van der Waals surface area contributed by atoms with Crippen LogP contribution in [-0.4, -0.2) is 30.7 Å². The Balaban J connectivity index is 2.27. The van der Waals surface area contributed by atoms with E-state index in [1.54, 1.807) is 6.07 Å². The number of para-hydroxylation sites is 1. The number of nitrogen functional groups attached to an aromatic ring is 1. The number of sulfonamides is 1. The molecule has 7 nitrogen and oxygen atoms in total. The molecule has 0 spiro atoms. The van der Waals surface area contributed by atoms with Crippen molar-refractivity contribution in [1.82, 2.24) is 9.97 Å². The van der Waals surface area contributed by atoms with Crippen LogP contribution in [0.25, 0.3) is 10.9 Å². The molecule has 2 aromatic rings. The van der Waals surface area contributed by atoms with Crippen LogP contribution in [0.5, 0.6) is 0 Å². The number of nitrogens with one attached hydrogen (secondary N) is 1. The maximum Gasteiger partial charge on any atom is 0.222 e. The SMILES string of the molecule is Nc1nc(NCCS(N)(=O)=O)c2ccccc2n1. The fourth-order valence-corrected chi connectivity index (χ4v) is 1.93. The van der Waals surface area contributed by atoms with Crippen LogP contribution in [-0.2, 0) is 10.0 Å². The molecule has 1 heterocycles. The summed E-state index contributed by atoms with van der Waals surface area (Å²) in [5.41, 5.74) is 6.27. The summed E-state index contributed by atoms with van der Waals surface area (Å²) >= 11 is 0. The number of anilines is 2. The van der Waals surface area contributed by atoms with E-state index in [2.05, 4.69) is 15.3 Å². The highest BCUT2D eigenvalue weighted by Gasteiger charge is 2.07. The topological polar surface area (TPSA) is 124 Å². The van der Waals surface area contributed by atoms with E-state index in [0.29, 0.717) is 11.3 Å². The van der Waals surface area contributed by atoms with Gasteiger partial charge in [0, 0.05) is 11.9 Å². The molecule has 8 heteroatoms. The first-order valence-electron chi connectivity index (χ1n) is 5.22. The summed E-state index contributed by atoms with van der Waals surface area (Å²) < 4.78 is 21.7. The third-order valence-corrected chi connectivity index (χ3v) is 3.07. The van der Waals surface area contributed by atoms with E-state index in [1.807, 2.05) is 18.2 Å². The molecule has 1 aromatic carbocycles. The number of hydrogen-bond donors (Lipinski definition) is 3. The summed E-state index contributed by atoms with van der Waals surface area (Å²) in [6.07, 6.45) is 0. The molecule has 2 rings (SSSR count). The number of primary sulfonamides is 1. The van der Waals surface area contributed by atoms with Crippen molar-refractivity contribution in [2.24, 2.45) is 5.14 Å². The molecule has 0 aliphatic carbocycles. The van der Waals surface area contributed by atoms with Gasteiger partial charge in [-0.3, -0.25) is 0 Å². The zero-order chi connectivity index (χ0) is 13.2. The molecule has 0 saturated carbocycles. The summed E-state index contributed by atoms with van der Waals surface area (Å²) in [4.78, 5) is 8.12. The minimum atomic E-state index is -3.49. The Hall–Kier alpha value is -1.93. The maximum absolute atomic E-state index is 10.8. The average Bonchev–Trinajstić information content (AvgIpc) is 2.27. The zero-order valence-electron chi connectivity index (χ0n) is 9.50. The first kappa shape index (κ1) is 12.5. The smallest absolute Gasteiger partial charge is 0.222 e. The highest BCUT2D eigenvalue weighted by Crippen LogP contribution is 2.20. The lowest BCUT2D eigenvalue weighted by Gasteiger charge is -2.08. The van der Waals surface area contributed by atoms with Gasteiger partial charge in [0.2, 0.25) is 16.0 Å². The molecule has 0 aliphatic rings. The summed E-state index contributed by atoms with van der Waals surface area (Å²) in [5, 5.41) is 8.59. The normalized spacial score (nSPS) is 11.6. The molecule has 0 saturated heterocycles. The highest BCUT2D eigenvalue weighted by atomic mass is 32.2. The molecule has 0 radical (unpaired) electrons. The van der Waals surface area contributed by atoms with Crippen molar-refractivity contribution in [3.05, 3.63) is 24.3 Å². The second-order valence-corrected chi connectivity index (χ2v) is 5.48. The Bertz CT molecular complexity index is 671. The number of hydrogen-bond acceptors (Lipinski definition) is 6. The Labute approximate surface area is 104 Å². The van der Waals surface area contributed by atoms with Gasteiger partial charge in [-0.05, 0) is 12.1 Å². The number of nitrogens with two attached hydrogens (primary N) is 2. The van der Waals surface area contributed by atoms with Crippen molar-refractivity contribution in [3.63, 3.8) is 0 Å². The van der Waals surface area contributed by atoms with Crippen LogP contribution in [0.15, 0.2) is 24.3 Å². The van der Waals surface area contributed by atoms with E-state index in [4.69, 9.17) is 10.9 Å². The lowest BCUT2D eigenvalue weighted by molar-refractivity contribution is 0.598. The molecule has 0 unspecified atom stereocenters. The van der Waals surface area contributed by atoms with Gasteiger partial charge in [0.15, 0.2) is 0 Å². The minimum absolute atomic E-state index is 0.131. The van der Waals surface area contributed by atoms with E-state index in [-0.39, 0.29) is 18.2 Å². The van der Waals surface area contributed by atoms with Gasteiger partial charge in [-0.1, -0.05) is 12.1 Å². The molecule has 0 bridgehead atoms. The van der Waals surface area contributed by atoms with Crippen LogP contribution in [0.4, 0.5) is 11.8 Å². The predicted molar refractivity (Wildman–Crippen MR) is 70.4 cm³/mol. The summed E-state index contributed by atoms with van der Waals surface area (Å²) in [5.74, 6) is 0.458. The number of rotatable bonds is 4. The van der Waals surface area contributed by atoms with Gasteiger partial charge in [0.05, 0.1) is 11.3 Å². The minimum Gasteiger partial charge on any atom is -0.368 e. The van der Waals surface area contributed by atoms with E-state index in [0.717, 1.165) is 5.39 Å². The van der Waals surface area contributed by atoms with Crippen molar-refractivity contribution >= 4 is 32.7 Å². The van der Waals surface area contributed by atoms with Gasteiger partial charge in [0.1, 0.15) is 5.82 Å². The molecule has 0 aliphatic heterocycles. The summed E-state index contributed by atoms with van der Waals surface area (Å²) in [7, 11) is -3.49. The Kier molecular flexibility index (Phi) is 3.30. The Morgan fingerprint density at radius 1 is 1.22 bits per heavy atom. The molecule has 5 N–H and O–H groups in total. The quantitative estimate of drug-likeness (QED) is 0.711. The number of aromatic nitrogens is 2. The average molecular weight is 267 g/mol. The number of benzene rings is 1. The number of nitrogens with zero attached hydrogens (tertiary/aromatic N) is 2. The van der Waals surface area contributed by atoms with Gasteiger partial charge < -0.3 is 11.1 Å². The predicted octanol–water partition coefficient (Wildman–Crippen LogP) is -0.0876. The van der Waals surface area contributed by atoms with Crippen molar-refractivity contribution in [1.29, 1.82) is 0 Å². The van der Waals surface area contributed by atoms with Gasteiger partial charge in [-0.25, -0.2) is 18.5 Å². The van der Waals surface area contributed by atoms with Gasteiger partial charge in [0.25, 0.3) is 0 Å². The van der Waals surface area contributed by atoms with Crippen molar-refractivity contribution in [2.75, 3.05) is 23.3 Å². The van der Waals surface area contributed by atoms with E-state index < -0.39 is 10.0 Å². The zero-order valence-corrected chi connectivity index (χ0v) is 10.3. The summed E-state index contributed by atoms with van der Waals surface area (Å²) in [6.45, 7) is 0.166. The van der Waals surface area contributed by atoms with E-state index in [9.17, 15) is 8.42 Å². The van der Waals surface area contributed by atoms with Crippen molar-refractivity contribution in [2.45, 2.75) is 0 Å². The largest absolute Gasteiger partial charge is 0.368 e. The van der Waals surface area contributed by atoms with Gasteiger partial charge in [-0.15, -0.1) is 0 Å². The molecular weight excluding hydrogens is 254 g/mol. The maximum atomic E-state index is 10.8. The van der Waals surface area contributed by atoms with Gasteiger partial charge in [-0.2, -0.15) is 4.98 Å². The summed E-state index contributed by atoms with van der Waals surface area (Å²) in [6, 6.07) is 7.31. The van der Waals surface area contributed by atoms with Gasteiger partial charge >= 0.3 is 0 Å². The van der Waals surface area contributed by atoms with Crippen LogP contribution < -0.4 is 16.2 Å². The Morgan fingerprint density at radius 3 is 2.67 bits per heavy atom. The second kappa shape index (κ2) is 4.75. The fraction of sp³-hybridized carbons (Fsp3) is 0.200. The van der Waals surface area contributed by atoms with Crippen LogP contribution in [0.3, 0.4) is 0 Å². The van der Waals surface area contributed by atoms with E-state index in [1.165, 1.54) is 0 Å². The fourth-order valence-electron chi connectivity index (χ4n) is 1.54. The number of fused-ring (bicyclic) bond motifs is 1. The van der Waals surface area contributed by atoms with Crippen molar-refractivity contribution < 1.29 is 8.42 Å². The molecule has 18 heavy (non-hydrogen) atoms.